The van der Waals surface area contributed by atoms with Crippen LogP contribution >= 0.6 is 0 Å². The number of amides is 2. The van der Waals surface area contributed by atoms with Gasteiger partial charge in [0.1, 0.15) is 13.2 Å². The first-order chi connectivity index (χ1) is 11.7. The van der Waals surface area contributed by atoms with Gasteiger partial charge in [-0.3, -0.25) is 14.3 Å². The molecule has 0 bridgehead atoms. The van der Waals surface area contributed by atoms with Gasteiger partial charge in [-0.25, -0.2) is 0 Å². The fourth-order valence-electron chi connectivity index (χ4n) is 2.59. The molecule has 2 heterocycles. The standard InChI is InChI=1S/C17H20N4O3/c22-16(12-21-8-4-7-19-21)18-9-15-11-20(17(23)13-24-15)10-14-5-2-1-3-6-14/h1-8,15H,9-13H2,(H,18,22). The van der Waals surface area contributed by atoms with Crippen LogP contribution in [0.25, 0.3) is 0 Å². The zero-order chi connectivity index (χ0) is 16.8. The zero-order valence-corrected chi connectivity index (χ0v) is 13.3. The topological polar surface area (TPSA) is 76.5 Å². The average molecular weight is 328 g/mol. The van der Waals surface area contributed by atoms with Gasteiger partial charge in [-0.1, -0.05) is 30.3 Å². The van der Waals surface area contributed by atoms with Gasteiger partial charge in [-0.05, 0) is 11.6 Å². The van der Waals surface area contributed by atoms with Gasteiger partial charge in [0.15, 0.2) is 0 Å². The monoisotopic (exact) mass is 328 g/mol. The van der Waals surface area contributed by atoms with Gasteiger partial charge < -0.3 is 15.0 Å². The van der Waals surface area contributed by atoms with Gasteiger partial charge in [0.2, 0.25) is 11.8 Å². The summed E-state index contributed by atoms with van der Waals surface area (Å²) in [5.74, 6) is -0.160. The van der Waals surface area contributed by atoms with Gasteiger partial charge in [0.05, 0.1) is 6.10 Å². The number of hydrogen-bond acceptors (Lipinski definition) is 4. The highest BCUT2D eigenvalue weighted by Crippen LogP contribution is 2.11. The molecule has 0 spiro atoms. The number of benzene rings is 1. The van der Waals surface area contributed by atoms with Crippen LogP contribution in [-0.2, 0) is 27.4 Å². The molecule has 1 atom stereocenters. The summed E-state index contributed by atoms with van der Waals surface area (Å²) in [6.45, 7) is 1.62. The number of nitrogens with zero attached hydrogens (tertiary/aromatic N) is 3. The van der Waals surface area contributed by atoms with E-state index in [0.717, 1.165) is 5.56 Å². The lowest BCUT2D eigenvalue weighted by Gasteiger charge is -2.33. The van der Waals surface area contributed by atoms with Gasteiger partial charge in [0, 0.05) is 32.0 Å². The van der Waals surface area contributed by atoms with E-state index in [1.165, 1.54) is 0 Å². The van der Waals surface area contributed by atoms with Crippen LogP contribution in [-0.4, -0.2) is 52.3 Å². The third-order valence-electron chi connectivity index (χ3n) is 3.83. The van der Waals surface area contributed by atoms with Crippen molar-refractivity contribution in [2.45, 2.75) is 19.2 Å². The first-order valence-corrected chi connectivity index (χ1v) is 7.88. The van der Waals surface area contributed by atoms with E-state index in [-0.39, 0.29) is 31.1 Å². The quantitative estimate of drug-likeness (QED) is 0.834. The summed E-state index contributed by atoms with van der Waals surface area (Å²) in [5, 5.41) is 6.82. The summed E-state index contributed by atoms with van der Waals surface area (Å²) in [6.07, 6.45) is 3.16. The molecule has 0 aliphatic carbocycles. The van der Waals surface area contributed by atoms with Crippen molar-refractivity contribution in [1.29, 1.82) is 0 Å². The Morgan fingerprint density at radius 2 is 2.12 bits per heavy atom. The molecule has 1 aliphatic heterocycles. The lowest BCUT2D eigenvalue weighted by Crippen LogP contribution is -2.50. The lowest BCUT2D eigenvalue weighted by atomic mass is 10.2. The van der Waals surface area contributed by atoms with E-state index in [1.807, 2.05) is 30.3 Å². The molecule has 1 aliphatic rings. The molecule has 7 heteroatoms. The third kappa shape index (κ3) is 4.42. The molecule has 1 N–H and O–H groups in total. The van der Waals surface area contributed by atoms with Crippen molar-refractivity contribution in [3.8, 4) is 0 Å². The number of carbonyl (C=O) groups is 2. The number of rotatable bonds is 6. The van der Waals surface area contributed by atoms with Crippen molar-refractivity contribution in [3.05, 3.63) is 54.4 Å². The largest absolute Gasteiger partial charge is 0.365 e. The van der Waals surface area contributed by atoms with Crippen molar-refractivity contribution in [3.63, 3.8) is 0 Å². The summed E-state index contributed by atoms with van der Waals surface area (Å²) >= 11 is 0. The summed E-state index contributed by atoms with van der Waals surface area (Å²) in [5.41, 5.74) is 1.08. The number of ether oxygens (including phenoxy) is 1. The van der Waals surface area contributed by atoms with E-state index in [0.29, 0.717) is 19.6 Å². The summed E-state index contributed by atoms with van der Waals surface area (Å²) < 4.78 is 7.07. The molecule has 7 nitrogen and oxygen atoms in total. The highest BCUT2D eigenvalue weighted by molar-refractivity contribution is 5.78. The van der Waals surface area contributed by atoms with Crippen LogP contribution in [0.5, 0.6) is 0 Å². The van der Waals surface area contributed by atoms with Crippen molar-refractivity contribution in [1.82, 2.24) is 20.0 Å². The molecule has 0 saturated carbocycles. The molecule has 24 heavy (non-hydrogen) atoms. The zero-order valence-electron chi connectivity index (χ0n) is 13.3. The Morgan fingerprint density at radius 3 is 2.88 bits per heavy atom. The summed E-state index contributed by atoms with van der Waals surface area (Å²) in [6, 6.07) is 11.6. The second-order valence-electron chi connectivity index (χ2n) is 5.70. The molecular formula is C17H20N4O3. The van der Waals surface area contributed by atoms with Crippen molar-refractivity contribution < 1.29 is 14.3 Å². The summed E-state index contributed by atoms with van der Waals surface area (Å²) in [4.78, 5) is 25.6. The predicted molar refractivity (Wildman–Crippen MR) is 86.8 cm³/mol. The Labute approximate surface area is 140 Å². The second-order valence-corrected chi connectivity index (χ2v) is 5.70. The number of nitrogens with one attached hydrogen (secondary N) is 1. The number of hydrogen-bond donors (Lipinski definition) is 1. The second kappa shape index (κ2) is 7.74. The van der Waals surface area contributed by atoms with Crippen molar-refractivity contribution in [2.24, 2.45) is 0 Å². The minimum absolute atomic E-state index is 0.0297. The van der Waals surface area contributed by atoms with Crippen LogP contribution < -0.4 is 5.32 Å². The maximum Gasteiger partial charge on any atom is 0.248 e. The van der Waals surface area contributed by atoms with Crippen LogP contribution in [0, 0.1) is 0 Å². The molecule has 3 rings (SSSR count). The van der Waals surface area contributed by atoms with E-state index in [2.05, 4.69) is 10.4 Å². The Morgan fingerprint density at radius 1 is 1.29 bits per heavy atom. The molecule has 2 amide bonds. The van der Waals surface area contributed by atoms with Crippen molar-refractivity contribution in [2.75, 3.05) is 19.7 Å². The molecular weight excluding hydrogens is 308 g/mol. The first-order valence-electron chi connectivity index (χ1n) is 7.88. The Hall–Kier alpha value is -2.67. The molecule has 1 aromatic heterocycles. The number of aromatic nitrogens is 2. The fourth-order valence-corrected chi connectivity index (χ4v) is 2.59. The molecule has 2 aromatic rings. The fraction of sp³-hybridized carbons (Fsp3) is 0.353. The van der Waals surface area contributed by atoms with Gasteiger partial charge in [-0.15, -0.1) is 0 Å². The van der Waals surface area contributed by atoms with E-state index < -0.39 is 0 Å². The maximum atomic E-state index is 12.0. The highest BCUT2D eigenvalue weighted by atomic mass is 16.5. The average Bonchev–Trinajstić information content (AvgIpc) is 3.09. The first kappa shape index (κ1) is 16.2. The minimum Gasteiger partial charge on any atom is -0.365 e. The molecule has 1 fully saturated rings. The van der Waals surface area contributed by atoms with Gasteiger partial charge in [-0.2, -0.15) is 5.10 Å². The molecule has 1 saturated heterocycles. The SMILES string of the molecule is O=C(Cn1cccn1)NCC1CN(Cc2ccccc2)C(=O)CO1. The van der Waals surface area contributed by atoms with Crippen LogP contribution in [0.15, 0.2) is 48.8 Å². The summed E-state index contributed by atoms with van der Waals surface area (Å²) in [7, 11) is 0. The number of morpholine rings is 1. The Balaban J connectivity index is 1.48. The van der Waals surface area contributed by atoms with E-state index in [1.54, 1.807) is 28.0 Å². The molecule has 126 valence electrons. The van der Waals surface area contributed by atoms with Crippen LogP contribution in [0.3, 0.4) is 0 Å². The Bertz CT molecular complexity index is 672. The molecule has 1 unspecified atom stereocenters. The van der Waals surface area contributed by atoms with Crippen LogP contribution in [0.2, 0.25) is 0 Å². The predicted octanol–water partition coefficient (Wildman–Crippen LogP) is 0.427. The Kier molecular flexibility index (Phi) is 5.22. The van der Waals surface area contributed by atoms with Gasteiger partial charge >= 0.3 is 0 Å². The number of carbonyl (C=O) groups excluding carboxylic acids is 2. The molecule has 0 radical (unpaired) electrons. The van der Waals surface area contributed by atoms with Crippen molar-refractivity contribution >= 4 is 11.8 Å². The molecule has 1 aromatic carbocycles. The van der Waals surface area contributed by atoms with Crippen LogP contribution in [0.4, 0.5) is 0 Å². The normalized spacial score (nSPS) is 17.8. The van der Waals surface area contributed by atoms with E-state index in [9.17, 15) is 9.59 Å². The highest BCUT2D eigenvalue weighted by Gasteiger charge is 2.26. The smallest absolute Gasteiger partial charge is 0.248 e. The van der Waals surface area contributed by atoms with E-state index in [4.69, 9.17) is 4.74 Å². The van der Waals surface area contributed by atoms with Crippen LogP contribution in [0.1, 0.15) is 5.56 Å². The third-order valence-corrected chi connectivity index (χ3v) is 3.83. The lowest BCUT2D eigenvalue weighted by molar-refractivity contribution is -0.149. The van der Waals surface area contributed by atoms with E-state index >= 15 is 0 Å². The minimum atomic E-state index is -0.201. The maximum absolute atomic E-state index is 12.0. The van der Waals surface area contributed by atoms with Gasteiger partial charge in [0.25, 0.3) is 0 Å².